The zero-order chi connectivity index (χ0) is 18.1. The highest BCUT2D eigenvalue weighted by molar-refractivity contribution is 5.92. The van der Waals surface area contributed by atoms with Gasteiger partial charge in [0.1, 0.15) is 11.3 Å². The molecule has 26 heavy (non-hydrogen) atoms. The number of ether oxygens (including phenoxy) is 1. The van der Waals surface area contributed by atoms with Crippen LogP contribution in [0.3, 0.4) is 0 Å². The van der Waals surface area contributed by atoms with Crippen LogP contribution in [0.2, 0.25) is 0 Å². The van der Waals surface area contributed by atoms with E-state index in [9.17, 15) is 14.4 Å². The quantitative estimate of drug-likeness (QED) is 0.847. The van der Waals surface area contributed by atoms with Crippen molar-refractivity contribution in [2.45, 2.75) is 24.9 Å². The van der Waals surface area contributed by atoms with Crippen LogP contribution in [0.25, 0.3) is 5.69 Å². The zero-order valence-electron chi connectivity index (χ0n) is 14.2. The minimum Gasteiger partial charge on any atom is -0.441 e. The van der Waals surface area contributed by atoms with Crippen LogP contribution in [0.1, 0.15) is 29.8 Å². The molecular weight excluding hydrogens is 336 g/mol. The molecule has 2 amide bonds. The summed E-state index contributed by atoms with van der Waals surface area (Å²) in [5.74, 6) is -0.217. The number of nitrogens with zero attached hydrogens (tertiary/aromatic N) is 2. The predicted octanol–water partition coefficient (Wildman–Crippen LogP) is 1.27. The maximum atomic E-state index is 12.8. The molecule has 2 aliphatic heterocycles. The van der Waals surface area contributed by atoms with Crippen LogP contribution < -0.4 is 10.9 Å². The topological polar surface area (TPSA) is 96.4 Å². The SMILES string of the molecule is O=C1NC[C@]2(CCCN(C(=O)c3cc(=O)n(-c4ccccc4)[nH]3)CC2)O1. The number of para-hydroxylation sites is 1. The summed E-state index contributed by atoms with van der Waals surface area (Å²) < 4.78 is 6.79. The summed E-state index contributed by atoms with van der Waals surface area (Å²) in [6, 6.07) is 10.4. The van der Waals surface area contributed by atoms with Gasteiger partial charge in [-0.3, -0.25) is 14.7 Å². The van der Waals surface area contributed by atoms with E-state index in [0.29, 0.717) is 31.7 Å². The molecule has 0 aliphatic carbocycles. The van der Waals surface area contributed by atoms with E-state index in [-0.39, 0.29) is 17.2 Å². The van der Waals surface area contributed by atoms with Gasteiger partial charge in [-0.2, -0.15) is 0 Å². The van der Waals surface area contributed by atoms with Crippen molar-refractivity contribution in [1.82, 2.24) is 20.0 Å². The molecule has 8 heteroatoms. The van der Waals surface area contributed by atoms with Crippen molar-refractivity contribution in [2.75, 3.05) is 19.6 Å². The Labute approximate surface area is 149 Å². The number of aromatic nitrogens is 2. The monoisotopic (exact) mass is 356 g/mol. The number of alkyl carbamates (subject to hydrolysis) is 1. The summed E-state index contributed by atoms with van der Waals surface area (Å²) >= 11 is 0. The average Bonchev–Trinajstić information content (AvgIpc) is 3.14. The van der Waals surface area contributed by atoms with E-state index in [1.165, 1.54) is 10.7 Å². The third-order valence-electron chi connectivity index (χ3n) is 5.01. The number of carbonyl (C=O) groups is 2. The van der Waals surface area contributed by atoms with E-state index >= 15 is 0 Å². The summed E-state index contributed by atoms with van der Waals surface area (Å²) in [5.41, 5.74) is 0.140. The van der Waals surface area contributed by atoms with Gasteiger partial charge in [-0.25, -0.2) is 9.48 Å². The zero-order valence-corrected chi connectivity index (χ0v) is 14.2. The van der Waals surface area contributed by atoms with Gasteiger partial charge in [-0.15, -0.1) is 0 Å². The van der Waals surface area contributed by atoms with Crippen molar-refractivity contribution in [3.05, 3.63) is 52.4 Å². The Hall–Kier alpha value is -3.03. The number of H-pyrrole nitrogens is 1. The van der Waals surface area contributed by atoms with Crippen LogP contribution in [0.15, 0.2) is 41.2 Å². The van der Waals surface area contributed by atoms with Gasteiger partial charge in [0.05, 0.1) is 12.2 Å². The molecule has 2 aromatic rings. The van der Waals surface area contributed by atoms with Gasteiger partial charge in [0.25, 0.3) is 11.5 Å². The van der Waals surface area contributed by atoms with Crippen LogP contribution in [0.4, 0.5) is 4.79 Å². The maximum Gasteiger partial charge on any atom is 0.407 e. The molecule has 2 N–H and O–H groups in total. The molecule has 2 fully saturated rings. The van der Waals surface area contributed by atoms with E-state index in [2.05, 4.69) is 10.4 Å². The van der Waals surface area contributed by atoms with Gasteiger partial charge in [0, 0.05) is 25.6 Å². The molecule has 1 spiro atoms. The fourth-order valence-electron chi connectivity index (χ4n) is 3.60. The highest BCUT2D eigenvalue weighted by atomic mass is 16.6. The number of carbonyl (C=O) groups excluding carboxylic acids is 2. The molecule has 0 unspecified atom stereocenters. The van der Waals surface area contributed by atoms with Gasteiger partial charge < -0.3 is 15.0 Å². The molecule has 3 heterocycles. The number of rotatable bonds is 2. The van der Waals surface area contributed by atoms with Crippen LogP contribution in [-0.2, 0) is 4.74 Å². The number of hydrogen-bond donors (Lipinski definition) is 2. The Morgan fingerprint density at radius 1 is 1.12 bits per heavy atom. The lowest BCUT2D eigenvalue weighted by Gasteiger charge is -2.24. The second-order valence-corrected chi connectivity index (χ2v) is 6.75. The number of aromatic amines is 1. The molecule has 4 rings (SSSR count). The van der Waals surface area contributed by atoms with E-state index in [1.807, 2.05) is 18.2 Å². The third kappa shape index (κ3) is 2.98. The van der Waals surface area contributed by atoms with Gasteiger partial charge in [0.15, 0.2) is 0 Å². The fourth-order valence-corrected chi connectivity index (χ4v) is 3.60. The summed E-state index contributed by atoms with van der Waals surface area (Å²) in [7, 11) is 0. The highest BCUT2D eigenvalue weighted by Gasteiger charge is 2.42. The first kappa shape index (κ1) is 16.4. The number of amides is 2. The minimum absolute atomic E-state index is 0.217. The first-order chi connectivity index (χ1) is 12.6. The fraction of sp³-hybridized carbons (Fsp3) is 0.389. The van der Waals surface area contributed by atoms with Gasteiger partial charge in [-0.05, 0) is 25.0 Å². The number of nitrogens with one attached hydrogen (secondary N) is 2. The molecule has 0 saturated carbocycles. The van der Waals surface area contributed by atoms with Crippen molar-refractivity contribution in [3.8, 4) is 5.69 Å². The van der Waals surface area contributed by atoms with E-state index in [0.717, 1.165) is 12.8 Å². The second kappa shape index (κ2) is 6.36. The summed E-state index contributed by atoms with van der Waals surface area (Å²) in [5, 5.41) is 5.60. The molecule has 0 radical (unpaired) electrons. The second-order valence-electron chi connectivity index (χ2n) is 6.75. The molecule has 1 atom stereocenters. The Kier molecular flexibility index (Phi) is 4.02. The molecule has 2 saturated heterocycles. The molecule has 2 aliphatic rings. The van der Waals surface area contributed by atoms with Crippen molar-refractivity contribution in [2.24, 2.45) is 0 Å². The Morgan fingerprint density at radius 3 is 2.65 bits per heavy atom. The first-order valence-corrected chi connectivity index (χ1v) is 8.70. The van der Waals surface area contributed by atoms with E-state index < -0.39 is 11.7 Å². The smallest absolute Gasteiger partial charge is 0.407 e. The molecule has 0 bridgehead atoms. The molecule has 8 nitrogen and oxygen atoms in total. The molecule has 1 aromatic heterocycles. The number of hydrogen-bond acceptors (Lipinski definition) is 4. The Morgan fingerprint density at radius 2 is 1.92 bits per heavy atom. The van der Waals surface area contributed by atoms with Crippen LogP contribution in [0, 0.1) is 0 Å². The van der Waals surface area contributed by atoms with Gasteiger partial charge >= 0.3 is 6.09 Å². The average molecular weight is 356 g/mol. The molecular formula is C18H20N4O4. The largest absolute Gasteiger partial charge is 0.441 e. The van der Waals surface area contributed by atoms with Crippen molar-refractivity contribution >= 4 is 12.0 Å². The van der Waals surface area contributed by atoms with Crippen molar-refractivity contribution in [3.63, 3.8) is 0 Å². The lowest BCUT2D eigenvalue weighted by atomic mass is 9.95. The summed E-state index contributed by atoms with van der Waals surface area (Å²) in [4.78, 5) is 38.2. The lowest BCUT2D eigenvalue weighted by molar-refractivity contribution is 0.0438. The molecule has 136 valence electrons. The van der Waals surface area contributed by atoms with Crippen LogP contribution in [-0.4, -0.2) is 51.9 Å². The number of likely N-dealkylation sites (tertiary alicyclic amines) is 1. The van der Waals surface area contributed by atoms with Crippen LogP contribution in [0.5, 0.6) is 0 Å². The van der Waals surface area contributed by atoms with Gasteiger partial charge in [-0.1, -0.05) is 18.2 Å². The summed E-state index contributed by atoms with van der Waals surface area (Å²) in [6.07, 6.45) is 1.65. The van der Waals surface area contributed by atoms with Crippen molar-refractivity contribution in [1.29, 1.82) is 0 Å². The van der Waals surface area contributed by atoms with E-state index in [1.54, 1.807) is 17.0 Å². The van der Waals surface area contributed by atoms with Gasteiger partial charge in [0.2, 0.25) is 0 Å². The Bertz CT molecular complexity index is 888. The third-order valence-corrected chi connectivity index (χ3v) is 5.01. The van der Waals surface area contributed by atoms with Crippen molar-refractivity contribution < 1.29 is 14.3 Å². The minimum atomic E-state index is -0.518. The number of benzene rings is 1. The molecule has 1 aromatic carbocycles. The van der Waals surface area contributed by atoms with Crippen LogP contribution >= 0.6 is 0 Å². The normalized spacial score (nSPS) is 22.8. The lowest BCUT2D eigenvalue weighted by Crippen LogP contribution is -2.36. The first-order valence-electron chi connectivity index (χ1n) is 8.70. The predicted molar refractivity (Wildman–Crippen MR) is 93.4 cm³/mol. The summed E-state index contributed by atoms with van der Waals surface area (Å²) in [6.45, 7) is 1.53. The van der Waals surface area contributed by atoms with E-state index in [4.69, 9.17) is 4.74 Å². The Balaban J connectivity index is 1.51. The highest BCUT2D eigenvalue weighted by Crippen LogP contribution is 2.29. The maximum absolute atomic E-state index is 12.8. The standard InChI is InChI=1S/C18H20N4O4/c23-15-11-14(20-22(15)13-5-2-1-3-6-13)16(24)21-9-4-7-18(8-10-21)12-19-17(25)26-18/h1-3,5-6,11,20H,4,7-10,12H2,(H,19,25)/t18-/m1/s1.